The first kappa shape index (κ1) is 15.6. The lowest BCUT2D eigenvalue weighted by Crippen LogP contribution is -2.44. The predicted molar refractivity (Wildman–Crippen MR) is 75.8 cm³/mol. The number of carbonyl (C=O) groups excluding carboxylic acids is 1. The van der Waals surface area contributed by atoms with Gasteiger partial charge in [0.05, 0.1) is 11.7 Å². The molecule has 1 aliphatic rings. The second kappa shape index (κ2) is 6.15. The van der Waals surface area contributed by atoms with Gasteiger partial charge in [-0.15, -0.1) is 0 Å². The fourth-order valence-electron chi connectivity index (χ4n) is 2.46. The molecule has 4 unspecified atom stereocenters. The van der Waals surface area contributed by atoms with Gasteiger partial charge < -0.3 is 4.90 Å². The van der Waals surface area contributed by atoms with Crippen molar-refractivity contribution in [3.63, 3.8) is 0 Å². The lowest BCUT2D eigenvalue weighted by Gasteiger charge is -2.30. The van der Waals surface area contributed by atoms with Crippen LogP contribution in [0.2, 0.25) is 0 Å². The number of rotatable bonds is 6. The van der Waals surface area contributed by atoms with Crippen LogP contribution in [-0.4, -0.2) is 44.8 Å². The molecule has 1 N–H and O–H groups in total. The summed E-state index contributed by atoms with van der Waals surface area (Å²) in [5.74, 6) is 0.843. The molecule has 1 rings (SSSR count). The molecule has 1 aliphatic heterocycles. The fraction of sp³-hybridized carbons (Fsp3) is 0.923. The predicted octanol–water partition coefficient (Wildman–Crippen LogP) is 1.48. The zero-order chi connectivity index (χ0) is 13.9. The Kier molecular flexibility index (Phi) is 5.34. The number of hydrogen-bond acceptors (Lipinski definition) is 3. The third kappa shape index (κ3) is 3.12. The molecule has 0 aromatic heterocycles. The van der Waals surface area contributed by atoms with Crippen LogP contribution in [0.3, 0.4) is 0 Å². The zero-order valence-electron chi connectivity index (χ0n) is 12.2. The van der Waals surface area contributed by atoms with E-state index in [4.69, 9.17) is 0 Å². The Balaban J connectivity index is 2.78. The minimum atomic E-state index is -0.790. The van der Waals surface area contributed by atoms with Gasteiger partial charge in [0, 0.05) is 28.9 Å². The van der Waals surface area contributed by atoms with Crippen molar-refractivity contribution < 1.29 is 9.00 Å². The molecule has 1 fully saturated rings. The van der Waals surface area contributed by atoms with E-state index in [9.17, 15) is 9.00 Å². The summed E-state index contributed by atoms with van der Waals surface area (Å²) in [7, 11) is -0.790. The maximum Gasteiger partial charge on any atom is 0.244 e. The van der Waals surface area contributed by atoms with Gasteiger partial charge in [-0.3, -0.25) is 14.3 Å². The zero-order valence-corrected chi connectivity index (χ0v) is 13.0. The highest BCUT2D eigenvalue weighted by atomic mass is 32.2. The summed E-state index contributed by atoms with van der Waals surface area (Å²) in [6.07, 6.45) is 4.33. The van der Waals surface area contributed by atoms with Crippen molar-refractivity contribution in [1.82, 2.24) is 10.2 Å². The molecule has 4 nitrogen and oxygen atoms in total. The van der Waals surface area contributed by atoms with Crippen LogP contribution in [0.4, 0.5) is 0 Å². The molecule has 106 valence electrons. The van der Waals surface area contributed by atoms with E-state index >= 15 is 0 Å². The minimum Gasteiger partial charge on any atom is -0.323 e. The second-order valence-electron chi connectivity index (χ2n) is 5.38. The average Bonchev–Trinajstić information content (AvgIpc) is 2.59. The van der Waals surface area contributed by atoms with Gasteiger partial charge in [-0.25, -0.2) is 0 Å². The highest BCUT2D eigenvalue weighted by Gasteiger charge is 2.47. The Bertz CT molecular complexity index is 335. The maximum atomic E-state index is 12.5. The largest absolute Gasteiger partial charge is 0.323 e. The molecule has 0 saturated carbocycles. The normalized spacial score (nSPS) is 31.7. The Hall–Kier alpha value is -0.420. The molecule has 0 aromatic carbocycles. The molecule has 1 heterocycles. The lowest BCUT2D eigenvalue weighted by molar-refractivity contribution is -0.134. The molecule has 18 heavy (non-hydrogen) atoms. The van der Waals surface area contributed by atoms with Crippen LogP contribution in [0.1, 0.15) is 47.0 Å². The smallest absolute Gasteiger partial charge is 0.244 e. The molecule has 0 aromatic rings. The van der Waals surface area contributed by atoms with Crippen molar-refractivity contribution >= 4 is 16.7 Å². The van der Waals surface area contributed by atoms with E-state index in [1.807, 2.05) is 18.7 Å². The van der Waals surface area contributed by atoms with Crippen molar-refractivity contribution in [2.75, 3.05) is 12.0 Å². The molecular formula is C13H26N2O2S. The quantitative estimate of drug-likeness (QED) is 0.798. The summed E-state index contributed by atoms with van der Waals surface area (Å²) in [5, 5.41) is 3.44. The Morgan fingerprint density at radius 2 is 2.11 bits per heavy atom. The Labute approximate surface area is 113 Å². The number of carbonyl (C=O) groups is 1. The Morgan fingerprint density at radius 3 is 2.56 bits per heavy atom. The van der Waals surface area contributed by atoms with Crippen molar-refractivity contribution in [1.29, 1.82) is 0 Å². The summed E-state index contributed by atoms with van der Waals surface area (Å²) >= 11 is 0. The van der Waals surface area contributed by atoms with Crippen LogP contribution >= 0.6 is 0 Å². The van der Waals surface area contributed by atoms with E-state index in [0.29, 0.717) is 5.75 Å². The monoisotopic (exact) mass is 274 g/mol. The molecule has 1 saturated heterocycles. The number of nitrogens with zero attached hydrogens (tertiary/aromatic N) is 1. The highest BCUT2D eigenvalue weighted by Crippen LogP contribution is 2.27. The van der Waals surface area contributed by atoms with Gasteiger partial charge in [-0.05, 0) is 33.1 Å². The molecule has 0 aliphatic carbocycles. The molecule has 1 amide bonds. The summed E-state index contributed by atoms with van der Waals surface area (Å²) in [6.45, 7) is 8.15. The number of hydrogen-bond donors (Lipinski definition) is 1. The van der Waals surface area contributed by atoms with E-state index in [2.05, 4.69) is 19.2 Å². The van der Waals surface area contributed by atoms with Crippen molar-refractivity contribution in [2.45, 2.75) is 64.7 Å². The Morgan fingerprint density at radius 1 is 1.50 bits per heavy atom. The molecule has 0 bridgehead atoms. The van der Waals surface area contributed by atoms with E-state index < -0.39 is 16.3 Å². The molecule has 0 spiro atoms. The topological polar surface area (TPSA) is 49.4 Å². The maximum absolute atomic E-state index is 12.5. The number of nitrogens with one attached hydrogen (secondary N) is 1. The van der Waals surface area contributed by atoms with Crippen LogP contribution in [0.15, 0.2) is 0 Å². The first-order chi connectivity index (χ1) is 8.35. The summed E-state index contributed by atoms with van der Waals surface area (Å²) in [6, 6.07) is 0.146. The first-order valence-electron chi connectivity index (χ1n) is 6.76. The third-order valence-corrected chi connectivity index (χ3v) is 4.73. The van der Waals surface area contributed by atoms with Gasteiger partial charge >= 0.3 is 0 Å². The average molecular weight is 274 g/mol. The third-order valence-electron chi connectivity index (χ3n) is 3.92. The molecule has 5 heteroatoms. The van der Waals surface area contributed by atoms with E-state index in [1.54, 1.807) is 6.26 Å². The van der Waals surface area contributed by atoms with Gasteiger partial charge in [0.1, 0.15) is 0 Å². The van der Waals surface area contributed by atoms with E-state index in [1.165, 1.54) is 0 Å². The van der Waals surface area contributed by atoms with Crippen molar-refractivity contribution in [2.24, 2.45) is 0 Å². The van der Waals surface area contributed by atoms with Gasteiger partial charge in [0.25, 0.3) is 0 Å². The minimum absolute atomic E-state index is 0.114. The lowest BCUT2D eigenvalue weighted by atomic mass is 9.99. The standard InChI is InChI=1S/C13H26N2O2S/c1-6-11-14-13(4,7-2)12(16)15(11)10(3)8-9-18(5)17/h10-11,14H,6-9H2,1-5H3. The fourth-order valence-corrected chi connectivity index (χ4v) is 3.13. The summed E-state index contributed by atoms with van der Waals surface area (Å²) in [5.41, 5.74) is -0.430. The summed E-state index contributed by atoms with van der Waals surface area (Å²) in [4.78, 5) is 14.5. The van der Waals surface area contributed by atoms with Crippen LogP contribution < -0.4 is 5.32 Å². The molecule has 0 radical (unpaired) electrons. The van der Waals surface area contributed by atoms with Gasteiger partial charge in [-0.1, -0.05) is 13.8 Å². The van der Waals surface area contributed by atoms with E-state index in [0.717, 1.165) is 19.3 Å². The molecular weight excluding hydrogens is 248 g/mol. The van der Waals surface area contributed by atoms with Crippen LogP contribution in [0.25, 0.3) is 0 Å². The van der Waals surface area contributed by atoms with Gasteiger partial charge in [0.2, 0.25) is 5.91 Å². The van der Waals surface area contributed by atoms with Crippen molar-refractivity contribution in [3.8, 4) is 0 Å². The van der Waals surface area contributed by atoms with E-state index in [-0.39, 0.29) is 18.1 Å². The van der Waals surface area contributed by atoms with Crippen LogP contribution in [-0.2, 0) is 15.6 Å². The van der Waals surface area contributed by atoms with Gasteiger partial charge in [0.15, 0.2) is 0 Å². The van der Waals surface area contributed by atoms with Gasteiger partial charge in [-0.2, -0.15) is 0 Å². The molecule has 4 atom stereocenters. The number of amides is 1. The SMILES string of the molecule is CCC1NC(C)(CC)C(=O)N1C(C)CCS(C)=O. The van der Waals surface area contributed by atoms with Crippen molar-refractivity contribution in [3.05, 3.63) is 0 Å². The second-order valence-corrected chi connectivity index (χ2v) is 6.94. The van der Waals surface area contributed by atoms with Crippen LogP contribution in [0, 0.1) is 0 Å². The first-order valence-corrected chi connectivity index (χ1v) is 8.49. The highest BCUT2D eigenvalue weighted by molar-refractivity contribution is 7.84. The van der Waals surface area contributed by atoms with Crippen LogP contribution in [0.5, 0.6) is 0 Å². The summed E-state index contributed by atoms with van der Waals surface area (Å²) < 4.78 is 11.2.